The van der Waals surface area contributed by atoms with Crippen molar-refractivity contribution in [2.75, 3.05) is 44.3 Å². The summed E-state index contributed by atoms with van der Waals surface area (Å²) in [5.41, 5.74) is 1.00. The smallest absolute Gasteiger partial charge is 0.233 e. The Balaban J connectivity index is 1.54. The van der Waals surface area contributed by atoms with Crippen molar-refractivity contribution in [1.82, 2.24) is 9.88 Å². The van der Waals surface area contributed by atoms with Gasteiger partial charge in [0.1, 0.15) is 11.3 Å². The minimum atomic E-state index is -0.712. The fourth-order valence-corrected chi connectivity index (χ4v) is 4.58. The molecular formula is C22H23F2N3O2S. The first-order valence-corrected chi connectivity index (χ1v) is 10.8. The number of halogens is 2. The van der Waals surface area contributed by atoms with Crippen LogP contribution in [-0.2, 0) is 16.0 Å². The lowest BCUT2D eigenvalue weighted by Gasteiger charge is -2.27. The molecule has 1 saturated heterocycles. The number of rotatable bonds is 7. The minimum absolute atomic E-state index is 0.0992. The number of anilines is 1. The predicted octanol–water partition coefficient (Wildman–Crippen LogP) is 3.87. The van der Waals surface area contributed by atoms with Gasteiger partial charge in [-0.2, -0.15) is 0 Å². The van der Waals surface area contributed by atoms with E-state index in [4.69, 9.17) is 4.74 Å². The number of nitrogens with zero attached hydrogens (tertiary/aromatic N) is 3. The third-order valence-corrected chi connectivity index (χ3v) is 6.12. The molecule has 0 saturated carbocycles. The van der Waals surface area contributed by atoms with Gasteiger partial charge in [-0.3, -0.25) is 14.6 Å². The van der Waals surface area contributed by atoms with Crippen LogP contribution in [0, 0.1) is 11.6 Å². The normalized spacial score (nSPS) is 14.9. The second-order valence-electron chi connectivity index (χ2n) is 7.25. The van der Waals surface area contributed by atoms with Crippen LogP contribution in [-0.4, -0.2) is 55.2 Å². The van der Waals surface area contributed by atoms with Gasteiger partial charge in [-0.05, 0) is 18.1 Å². The molecule has 5 nitrogen and oxygen atoms in total. The average Bonchev–Trinajstić information content (AvgIpc) is 3.16. The number of carbonyl (C=O) groups excluding carboxylic acids is 1. The monoisotopic (exact) mass is 431 g/mol. The van der Waals surface area contributed by atoms with Gasteiger partial charge in [0.15, 0.2) is 10.9 Å². The fraction of sp³-hybridized carbons (Fsp3) is 0.364. The number of benzene rings is 2. The highest BCUT2D eigenvalue weighted by molar-refractivity contribution is 7.22. The first kappa shape index (κ1) is 20.8. The topological polar surface area (TPSA) is 45.7 Å². The van der Waals surface area contributed by atoms with Crippen molar-refractivity contribution in [2.45, 2.75) is 12.8 Å². The number of hydrogen-bond donors (Lipinski definition) is 0. The summed E-state index contributed by atoms with van der Waals surface area (Å²) in [6.45, 7) is 4.51. The molecule has 1 fully saturated rings. The summed E-state index contributed by atoms with van der Waals surface area (Å²) in [6, 6.07) is 11.6. The summed E-state index contributed by atoms with van der Waals surface area (Å²) in [7, 11) is 0. The maximum Gasteiger partial charge on any atom is 0.233 e. The van der Waals surface area contributed by atoms with Gasteiger partial charge >= 0.3 is 0 Å². The molecule has 0 N–H and O–H groups in total. The maximum absolute atomic E-state index is 14.1. The van der Waals surface area contributed by atoms with Crippen molar-refractivity contribution in [2.24, 2.45) is 0 Å². The lowest BCUT2D eigenvalue weighted by molar-refractivity contribution is -0.118. The van der Waals surface area contributed by atoms with Crippen molar-refractivity contribution in [3.63, 3.8) is 0 Å². The van der Waals surface area contributed by atoms with Gasteiger partial charge in [0.2, 0.25) is 5.91 Å². The number of ether oxygens (including phenoxy) is 1. The van der Waals surface area contributed by atoms with E-state index in [1.807, 2.05) is 30.3 Å². The van der Waals surface area contributed by atoms with Gasteiger partial charge in [0, 0.05) is 32.2 Å². The zero-order valence-electron chi connectivity index (χ0n) is 16.5. The highest BCUT2D eigenvalue weighted by Gasteiger charge is 2.22. The number of aromatic nitrogens is 1. The summed E-state index contributed by atoms with van der Waals surface area (Å²) in [6.07, 6.45) is 0.985. The molecule has 30 heavy (non-hydrogen) atoms. The van der Waals surface area contributed by atoms with Crippen LogP contribution in [0.5, 0.6) is 0 Å². The molecule has 0 aliphatic carbocycles. The summed E-state index contributed by atoms with van der Waals surface area (Å²) < 4.78 is 33.5. The molecule has 0 unspecified atom stereocenters. The molecule has 158 valence electrons. The number of hydrogen-bond acceptors (Lipinski definition) is 5. The minimum Gasteiger partial charge on any atom is -0.379 e. The summed E-state index contributed by atoms with van der Waals surface area (Å²) in [5, 5.41) is 0.400. The molecule has 1 aliphatic rings. The predicted molar refractivity (Wildman–Crippen MR) is 114 cm³/mol. The van der Waals surface area contributed by atoms with Crippen molar-refractivity contribution in [1.29, 1.82) is 0 Å². The third kappa shape index (κ3) is 5.00. The zero-order valence-corrected chi connectivity index (χ0v) is 17.3. The highest BCUT2D eigenvalue weighted by Crippen LogP contribution is 2.31. The highest BCUT2D eigenvalue weighted by atomic mass is 32.1. The molecule has 1 amide bonds. The Labute approximate surface area is 177 Å². The van der Waals surface area contributed by atoms with E-state index >= 15 is 0 Å². The quantitative estimate of drug-likeness (QED) is 0.570. The molecular weight excluding hydrogens is 408 g/mol. The average molecular weight is 432 g/mol. The van der Waals surface area contributed by atoms with Gasteiger partial charge < -0.3 is 4.74 Å². The van der Waals surface area contributed by atoms with Crippen LogP contribution in [0.1, 0.15) is 12.0 Å². The Hall–Kier alpha value is -2.42. The largest absolute Gasteiger partial charge is 0.379 e. The molecule has 0 spiro atoms. The number of morpholine rings is 1. The molecule has 2 aromatic carbocycles. The van der Waals surface area contributed by atoms with Crippen LogP contribution in [0.25, 0.3) is 10.2 Å². The molecule has 0 bridgehead atoms. The molecule has 1 aromatic heterocycles. The number of fused-ring (bicyclic) bond motifs is 1. The number of amides is 1. The van der Waals surface area contributed by atoms with Crippen molar-refractivity contribution in [3.05, 3.63) is 59.7 Å². The van der Waals surface area contributed by atoms with Crippen molar-refractivity contribution < 1.29 is 18.3 Å². The summed E-state index contributed by atoms with van der Waals surface area (Å²) >= 11 is 1.14. The number of carbonyl (C=O) groups is 1. The first-order chi connectivity index (χ1) is 14.6. The van der Waals surface area contributed by atoms with E-state index in [0.29, 0.717) is 16.4 Å². The fourth-order valence-electron chi connectivity index (χ4n) is 3.53. The first-order valence-electron chi connectivity index (χ1n) is 10.00. The van der Waals surface area contributed by atoms with Crippen LogP contribution in [0.15, 0.2) is 42.5 Å². The molecule has 0 radical (unpaired) electrons. The lowest BCUT2D eigenvalue weighted by Crippen LogP contribution is -2.39. The Morgan fingerprint density at radius 1 is 1.17 bits per heavy atom. The van der Waals surface area contributed by atoms with E-state index in [-0.39, 0.29) is 17.8 Å². The van der Waals surface area contributed by atoms with Crippen LogP contribution < -0.4 is 4.90 Å². The lowest BCUT2D eigenvalue weighted by atomic mass is 10.1. The van der Waals surface area contributed by atoms with Gasteiger partial charge in [0.25, 0.3) is 0 Å². The zero-order chi connectivity index (χ0) is 20.9. The molecule has 2 heterocycles. The van der Waals surface area contributed by atoms with Crippen molar-refractivity contribution >= 4 is 32.6 Å². The van der Waals surface area contributed by atoms with E-state index in [1.54, 1.807) is 4.90 Å². The van der Waals surface area contributed by atoms with E-state index in [9.17, 15) is 13.6 Å². The molecule has 8 heteroatoms. The second kappa shape index (κ2) is 9.59. The Kier molecular flexibility index (Phi) is 6.66. The summed E-state index contributed by atoms with van der Waals surface area (Å²) in [4.78, 5) is 21.4. The summed E-state index contributed by atoms with van der Waals surface area (Å²) in [5.74, 6) is -1.47. The van der Waals surface area contributed by atoms with Crippen molar-refractivity contribution in [3.8, 4) is 0 Å². The van der Waals surface area contributed by atoms with E-state index in [2.05, 4.69) is 9.88 Å². The van der Waals surface area contributed by atoms with Gasteiger partial charge in [-0.1, -0.05) is 41.7 Å². The Bertz CT molecular complexity index is 1010. The van der Waals surface area contributed by atoms with Gasteiger partial charge in [-0.25, -0.2) is 13.8 Å². The van der Waals surface area contributed by atoms with E-state index in [1.165, 1.54) is 6.07 Å². The number of thiazole rings is 1. The SMILES string of the molecule is O=C(Cc1ccccc1)N(CCCN1CCOCC1)c1nc2c(F)cc(F)cc2s1. The molecule has 4 rings (SSSR count). The molecule has 1 aliphatic heterocycles. The maximum atomic E-state index is 14.1. The standard InChI is InChI=1S/C22H23F2N3O2S/c23-17-14-18(24)21-19(15-17)30-22(25-21)27(8-4-7-26-9-11-29-12-10-26)20(28)13-16-5-2-1-3-6-16/h1-3,5-6,14-15H,4,7-13H2. The Morgan fingerprint density at radius 3 is 2.70 bits per heavy atom. The van der Waals surface area contributed by atoms with Crippen LogP contribution >= 0.6 is 11.3 Å². The van der Waals surface area contributed by atoms with E-state index < -0.39 is 11.6 Å². The third-order valence-electron chi connectivity index (χ3n) is 5.09. The van der Waals surface area contributed by atoms with Crippen LogP contribution in [0.2, 0.25) is 0 Å². The second-order valence-corrected chi connectivity index (χ2v) is 8.26. The Morgan fingerprint density at radius 2 is 1.93 bits per heavy atom. The molecule has 0 atom stereocenters. The van der Waals surface area contributed by atoms with Gasteiger partial charge in [-0.15, -0.1) is 0 Å². The van der Waals surface area contributed by atoms with E-state index in [0.717, 1.165) is 62.2 Å². The molecule has 3 aromatic rings. The van der Waals surface area contributed by atoms with Crippen LogP contribution in [0.4, 0.5) is 13.9 Å². The van der Waals surface area contributed by atoms with Crippen LogP contribution in [0.3, 0.4) is 0 Å². The van der Waals surface area contributed by atoms with Gasteiger partial charge in [0.05, 0.1) is 24.3 Å².